The van der Waals surface area contributed by atoms with E-state index in [4.69, 9.17) is 0 Å². The van der Waals surface area contributed by atoms with Crippen LogP contribution in [0, 0.1) is 13.8 Å². The van der Waals surface area contributed by atoms with Gasteiger partial charge in [-0.25, -0.2) is 0 Å². The van der Waals surface area contributed by atoms with Crippen LogP contribution < -0.4 is 10.2 Å². The molecule has 1 N–H and O–H groups in total. The van der Waals surface area contributed by atoms with Crippen molar-refractivity contribution in [2.75, 3.05) is 24.5 Å². The van der Waals surface area contributed by atoms with Gasteiger partial charge in [0.25, 0.3) is 5.91 Å². The SMILES string of the molecule is Cc1cc(C)cc(N2CCN(C(=O)CC3NC(=O)c4ccccc43)CC2=O)c1. The van der Waals surface area contributed by atoms with Crippen LogP contribution in [0.5, 0.6) is 0 Å². The van der Waals surface area contributed by atoms with Crippen molar-refractivity contribution in [1.29, 1.82) is 0 Å². The molecule has 1 atom stereocenters. The fourth-order valence-corrected chi connectivity index (χ4v) is 4.05. The fourth-order valence-electron chi connectivity index (χ4n) is 4.05. The Bertz CT molecular complexity index is 949. The largest absolute Gasteiger partial charge is 0.345 e. The van der Waals surface area contributed by atoms with Gasteiger partial charge in [-0.15, -0.1) is 0 Å². The van der Waals surface area contributed by atoms with Gasteiger partial charge in [-0.1, -0.05) is 24.3 Å². The molecule has 2 aliphatic heterocycles. The van der Waals surface area contributed by atoms with E-state index in [0.29, 0.717) is 18.7 Å². The lowest BCUT2D eigenvalue weighted by molar-refractivity contribution is -0.137. The minimum absolute atomic E-state index is 0.0636. The molecule has 0 aliphatic carbocycles. The summed E-state index contributed by atoms with van der Waals surface area (Å²) < 4.78 is 0. The summed E-state index contributed by atoms with van der Waals surface area (Å²) in [6, 6.07) is 13.0. The Labute approximate surface area is 164 Å². The smallest absolute Gasteiger partial charge is 0.252 e. The number of aryl methyl sites for hydroxylation is 2. The van der Waals surface area contributed by atoms with Crippen LogP contribution in [-0.2, 0) is 9.59 Å². The van der Waals surface area contributed by atoms with Gasteiger partial charge in [0.1, 0.15) is 6.54 Å². The van der Waals surface area contributed by atoms with Crippen LogP contribution in [0.2, 0.25) is 0 Å². The molecule has 2 aliphatic rings. The molecule has 0 spiro atoms. The highest BCUT2D eigenvalue weighted by Gasteiger charge is 2.33. The molecule has 6 heteroatoms. The molecule has 6 nitrogen and oxygen atoms in total. The van der Waals surface area contributed by atoms with E-state index in [2.05, 4.69) is 11.4 Å². The second-order valence-electron chi connectivity index (χ2n) is 7.52. The van der Waals surface area contributed by atoms with Crippen LogP contribution in [0.3, 0.4) is 0 Å². The number of carbonyl (C=O) groups excluding carboxylic acids is 3. The molecule has 2 heterocycles. The van der Waals surface area contributed by atoms with Crippen molar-refractivity contribution in [2.45, 2.75) is 26.3 Å². The zero-order valence-electron chi connectivity index (χ0n) is 16.1. The Morgan fingerprint density at radius 2 is 1.79 bits per heavy atom. The third-order valence-corrected chi connectivity index (χ3v) is 5.36. The van der Waals surface area contributed by atoms with Crippen LogP contribution in [-0.4, -0.2) is 42.3 Å². The molecule has 0 radical (unpaired) electrons. The summed E-state index contributed by atoms with van der Waals surface area (Å²) in [6.45, 7) is 5.04. The van der Waals surface area contributed by atoms with Crippen molar-refractivity contribution >= 4 is 23.4 Å². The van der Waals surface area contributed by atoms with Crippen molar-refractivity contribution in [3.63, 3.8) is 0 Å². The van der Waals surface area contributed by atoms with E-state index in [1.165, 1.54) is 0 Å². The quantitative estimate of drug-likeness (QED) is 0.893. The number of piperazine rings is 1. The molecule has 2 aromatic carbocycles. The van der Waals surface area contributed by atoms with Crippen LogP contribution in [0.25, 0.3) is 0 Å². The van der Waals surface area contributed by atoms with E-state index < -0.39 is 0 Å². The zero-order valence-corrected chi connectivity index (χ0v) is 16.1. The number of carbonyl (C=O) groups is 3. The highest BCUT2D eigenvalue weighted by Crippen LogP contribution is 2.28. The Morgan fingerprint density at radius 3 is 2.50 bits per heavy atom. The van der Waals surface area contributed by atoms with Gasteiger partial charge in [-0.05, 0) is 48.7 Å². The summed E-state index contributed by atoms with van der Waals surface area (Å²) >= 11 is 0. The number of fused-ring (bicyclic) bond motifs is 1. The van der Waals surface area contributed by atoms with E-state index in [9.17, 15) is 14.4 Å². The van der Waals surface area contributed by atoms with Crippen molar-refractivity contribution in [1.82, 2.24) is 10.2 Å². The Balaban J connectivity index is 1.43. The molecule has 1 unspecified atom stereocenters. The second-order valence-corrected chi connectivity index (χ2v) is 7.52. The van der Waals surface area contributed by atoms with Crippen LogP contribution >= 0.6 is 0 Å². The van der Waals surface area contributed by atoms with E-state index in [-0.39, 0.29) is 36.7 Å². The summed E-state index contributed by atoms with van der Waals surface area (Å²) in [4.78, 5) is 40.8. The van der Waals surface area contributed by atoms with Gasteiger partial charge >= 0.3 is 0 Å². The Morgan fingerprint density at radius 1 is 1.07 bits per heavy atom. The Kier molecular flexibility index (Phi) is 4.63. The summed E-state index contributed by atoms with van der Waals surface area (Å²) in [5, 5.41) is 2.87. The first-order chi connectivity index (χ1) is 13.4. The third kappa shape index (κ3) is 3.38. The number of amides is 3. The molecule has 0 aromatic heterocycles. The average Bonchev–Trinajstić information content (AvgIpc) is 2.97. The first kappa shape index (κ1) is 18.2. The van der Waals surface area contributed by atoms with Crippen molar-refractivity contribution < 1.29 is 14.4 Å². The second kappa shape index (κ2) is 7.11. The number of anilines is 1. The molecule has 3 amide bonds. The maximum atomic E-state index is 12.8. The normalized spacial score (nSPS) is 18.9. The highest BCUT2D eigenvalue weighted by atomic mass is 16.2. The Hall–Kier alpha value is -3.15. The van der Waals surface area contributed by atoms with Gasteiger partial charge in [0.2, 0.25) is 11.8 Å². The predicted molar refractivity (Wildman–Crippen MR) is 106 cm³/mol. The first-order valence-corrected chi connectivity index (χ1v) is 9.48. The molecule has 1 fully saturated rings. The third-order valence-electron chi connectivity index (χ3n) is 5.36. The predicted octanol–water partition coefficient (Wildman–Crippen LogP) is 2.35. The van der Waals surface area contributed by atoms with E-state index >= 15 is 0 Å². The standard InChI is InChI=1S/C22H23N3O3/c1-14-9-15(2)11-16(10-14)25-8-7-24(13-21(25)27)20(26)12-19-17-5-3-4-6-18(17)22(28)23-19/h3-6,9-11,19H,7-8,12-13H2,1-2H3,(H,23,28). The maximum absolute atomic E-state index is 12.8. The molecule has 0 bridgehead atoms. The molecule has 28 heavy (non-hydrogen) atoms. The number of rotatable bonds is 3. The summed E-state index contributed by atoms with van der Waals surface area (Å²) in [5.74, 6) is -0.347. The summed E-state index contributed by atoms with van der Waals surface area (Å²) in [6.07, 6.45) is 0.166. The molecule has 1 saturated heterocycles. The van der Waals surface area contributed by atoms with Gasteiger partial charge in [0.15, 0.2) is 0 Å². The van der Waals surface area contributed by atoms with Crippen molar-refractivity contribution in [3.05, 3.63) is 64.7 Å². The molecule has 4 rings (SSSR count). The van der Waals surface area contributed by atoms with E-state index in [1.807, 2.05) is 44.2 Å². The molecule has 144 valence electrons. The van der Waals surface area contributed by atoms with Crippen LogP contribution in [0.1, 0.15) is 39.5 Å². The topological polar surface area (TPSA) is 69.7 Å². The number of benzene rings is 2. The van der Waals surface area contributed by atoms with Crippen LogP contribution in [0.15, 0.2) is 42.5 Å². The minimum Gasteiger partial charge on any atom is -0.345 e. The molecular formula is C22H23N3O3. The van der Waals surface area contributed by atoms with E-state index in [0.717, 1.165) is 22.4 Å². The minimum atomic E-state index is -0.330. The zero-order chi connectivity index (χ0) is 19.8. The average molecular weight is 377 g/mol. The van der Waals surface area contributed by atoms with Gasteiger partial charge < -0.3 is 15.1 Å². The lowest BCUT2D eigenvalue weighted by atomic mass is 10.0. The maximum Gasteiger partial charge on any atom is 0.252 e. The molecule has 0 saturated carbocycles. The summed E-state index contributed by atoms with van der Waals surface area (Å²) in [7, 11) is 0. The van der Waals surface area contributed by atoms with Gasteiger partial charge in [0, 0.05) is 24.3 Å². The van der Waals surface area contributed by atoms with Gasteiger partial charge in [-0.3, -0.25) is 14.4 Å². The number of nitrogens with zero attached hydrogens (tertiary/aromatic N) is 2. The number of nitrogens with one attached hydrogen (secondary N) is 1. The highest BCUT2D eigenvalue weighted by molar-refractivity contribution is 6.00. The number of hydrogen-bond acceptors (Lipinski definition) is 3. The van der Waals surface area contributed by atoms with Crippen molar-refractivity contribution in [2.24, 2.45) is 0 Å². The van der Waals surface area contributed by atoms with Crippen LogP contribution in [0.4, 0.5) is 5.69 Å². The van der Waals surface area contributed by atoms with Gasteiger partial charge in [0.05, 0.1) is 12.5 Å². The molecular weight excluding hydrogens is 354 g/mol. The molecule has 2 aromatic rings. The fraction of sp³-hybridized carbons (Fsp3) is 0.318. The first-order valence-electron chi connectivity index (χ1n) is 9.48. The van der Waals surface area contributed by atoms with E-state index in [1.54, 1.807) is 15.9 Å². The summed E-state index contributed by atoms with van der Waals surface area (Å²) in [5.41, 5.74) is 4.57. The van der Waals surface area contributed by atoms with Crippen molar-refractivity contribution in [3.8, 4) is 0 Å². The monoisotopic (exact) mass is 377 g/mol. The lowest BCUT2D eigenvalue weighted by Crippen LogP contribution is -2.52. The lowest BCUT2D eigenvalue weighted by Gasteiger charge is -2.35. The number of hydrogen-bond donors (Lipinski definition) is 1. The van der Waals surface area contributed by atoms with Gasteiger partial charge in [-0.2, -0.15) is 0 Å².